The van der Waals surface area contributed by atoms with E-state index in [2.05, 4.69) is 0 Å². The van der Waals surface area contributed by atoms with Gasteiger partial charge in [0.1, 0.15) is 5.82 Å². The van der Waals surface area contributed by atoms with E-state index in [1.165, 1.54) is 12.1 Å². The second-order valence-corrected chi connectivity index (χ2v) is 6.72. The molecule has 5 nitrogen and oxygen atoms in total. The fraction of sp³-hybridized carbons (Fsp3) is 0.556. The van der Waals surface area contributed by atoms with Crippen molar-refractivity contribution in [3.63, 3.8) is 0 Å². The van der Waals surface area contributed by atoms with Gasteiger partial charge in [-0.2, -0.15) is 0 Å². The highest BCUT2D eigenvalue weighted by molar-refractivity contribution is 5.94. The Balaban J connectivity index is 1.62. The maximum absolute atomic E-state index is 13.5. The minimum absolute atomic E-state index is 0.159. The normalized spacial score (nSPS) is 25.0. The monoisotopic (exact) mass is 335 g/mol. The Bertz CT molecular complexity index is 620. The third-order valence-electron chi connectivity index (χ3n) is 5.03. The fourth-order valence-corrected chi connectivity index (χ4v) is 3.81. The van der Waals surface area contributed by atoms with Crippen molar-refractivity contribution in [3.05, 3.63) is 35.1 Å². The number of halogens is 1. The Kier molecular flexibility index (Phi) is 4.85. The van der Waals surface area contributed by atoms with Crippen LogP contribution >= 0.6 is 0 Å². The summed E-state index contributed by atoms with van der Waals surface area (Å²) < 4.78 is 19.1. The molecule has 130 valence electrons. The van der Waals surface area contributed by atoms with Crippen LogP contribution in [0.5, 0.6) is 0 Å². The van der Waals surface area contributed by atoms with Gasteiger partial charge in [-0.15, -0.1) is 0 Å². The number of carboxylic acid groups (broad SMARTS) is 1. The number of rotatable bonds is 3. The minimum Gasteiger partial charge on any atom is -0.481 e. The second kappa shape index (κ2) is 6.89. The molecule has 2 heterocycles. The van der Waals surface area contributed by atoms with Gasteiger partial charge in [0.2, 0.25) is 0 Å². The highest BCUT2D eigenvalue weighted by atomic mass is 19.1. The van der Waals surface area contributed by atoms with Gasteiger partial charge in [-0.3, -0.25) is 9.59 Å². The number of carbonyl (C=O) groups excluding carboxylic acids is 1. The lowest BCUT2D eigenvalue weighted by Crippen LogP contribution is -2.43. The van der Waals surface area contributed by atoms with Crippen molar-refractivity contribution in [1.29, 1.82) is 0 Å². The van der Waals surface area contributed by atoms with Gasteiger partial charge in [0.05, 0.1) is 12.0 Å². The van der Waals surface area contributed by atoms with Crippen LogP contribution in [0.4, 0.5) is 4.39 Å². The van der Waals surface area contributed by atoms with E-state index in [9.17, 15) is 19.1 Å². The molecule has 0 aliphatic carbocycles. The van der Waals surface area contributed by atoms with E-state index in [0.29, 0.717) is 44.5 Å². The van der Waals surface area contributed by atoms with Crippen molar-refractivity contribution in [2.45, 2.75) is 32.3 Å². The number of nitrogens with zero attached hydrogens (tertiary/aromatic N) is 1. The van der Waals surface area contributed by atoms with Crippen molar-refractivity contribution < 1.29 is 23.8 Å². The minimum atomic E-state index is -0.800. The van der Waals surface area contributed by atoms with E-state index < -0.39 is 17.7 Å². The third-order valence-corrected chi connectivity index (χ3v) is 5.03. The average molecular weight is 335 g/mol. The summed E-state index contributed by atoms with van der Waals surface area (Å²) in [5, 5.41) is 9.28. The van der Waals surface area contributed by atoms with Gasteiger partial charge in [0.25, 0.3) is 5.91 Å². The Morgan fingerprint density at radius 1 is 1.21 bits per heavy atom. The summed E-state index contributed by atoms with van der Waals surface area (Å²) in [6.07, 6.45) is 1.74. The zero-order valence-corrected chi connectivity index (χ0v) is 13.7. The number of piperidine rings is 1. The molecular weight excluding hydrogens is 313 g/mol. The van der Waals surface area contributed by atoms with E-state index in [1.54, 1.807) is 17.9 Å². The molecule has 1 amide bonds. The Morgan fingerprint density at radius 2 is 1.92 bits per heavy atom. The van der Waals surface area contributed by atoms with Crippen LogP contribution in [0.1, 0.15) is 35.2 Å². The zero-order valence-electron chi connectivity index (χ0n) is 13.7. The largest absolute Gasteiger partial charge is 0.481 e. The molecular formula is C18H22FNO4. The van der Waals surface area contributed by atoms with Gasteiger partial charge in [-0.25, -0.2) is 4.39 Å². The molecule has 1 N–H and O–H groups in total. The highest BCUT2D eigenvalue weighted by Crippen LogP contribution is 2.33. The zero-order chi connectivity index (χ0) is 17.3. The molecule has 0 spiro atoms. The smallest absolute Gasteiger partial charge is 0.309 e. The molecule has 0 radical (unpaired) electrons. The van der Waals surface area contributed by atoms with Crippen LogP contribution in [0.15, 0.2) is 18.2 Å². The molecule has 1 aromatic carbocycles. The molecule has 24 heavy (non-hydrogen) atoms. The number of benzene rings is 1. The SMILES string of the molecule is Cc1cc(F)cc(C(=O)N2CCC([C@@H]3OCCC3C(=O)O)CC2)c1. The lowest BCUT2D eigenvalue weighted by Gasteiger charge is -2.35. The summed E-state index contributed by atoms with van der Waals surface area (Å²) in [4.78, 5) is 25.6. The molecule has 1 aromatic rings. The standard InChI is InChI=1S/C18H22FNO4/c1-11-8-13(10-14(19)9-11)17(21)20-5-2-12(3-6-20)16-15(18(22)23)4-7-24-16/h8-10,12,15-16H,2-7H2,1H3,(H,22,23)/t15?,16-/m0/s1. The summed E-state index contributed by atoms with van der Waals surface area (Å²) in [6.45, 7) is 3.34. The molecule has 0 bridgehead atoms. The lowest BCUT2D eigenvalue weighted by molar-refractivity contribution is -0.145. The number of likely N-dealkylation sites (tertiary alicyclic amines) is 1. The van der Waals surface area contributed by atoms with Gasteiger partial charge in [0.15, 0.2) is 0 Å². The number of aliphatic carboxylic acids is 1. The molecule has 2 atom stereocenters. The van der Waals surface area contributed by atoms with Crippen LogP contribution in [-0.4, -0.2) is 47.7 Å². The first-order chi connectivity index (χ1) is 11.5. The molecule has 3 rings (SSSR count). The first-order valence-electron chi connectivity index (χ1n) is 8.36. The van der Waals surface area contributed by atoms with Gasteiger partial charge in [0, 0.05) is 25.3 Å². The molecule has 2 aliphatic rings. The molecule has 2 saturated heterocycles. The fourth-order valence-electron chi connectivity index (χ4n) is 3.81. The number of aryl methyl sites for hydroxylation is 1. The number of carbonyl (C=O) groups is 2. The van der Waals surface area contributed by atoms with Crippen LogP contribution in [0, 0.1) is 24.6 Å². The van der Waals surface area contributed by atoms with Crippen LogP contribution in [0.25, 0.3) is 0 Å². The number of carboxylic acids is 1. The topological polar surface area (TPSA) is 66.8 Å². The van der Waals surface area contributed by atoms with E-state index in [1.807, 2.05) is 0 Å². The van der Waals surface area contributed by atoms with Gasteiger partial charge < -0.3 is 14.7 Å². The van der Waals surface area contributed by atoms with Crippen molar-refractivity contribution in [2.24, 2.45) is 11.8 Å². The predicted molar refractivity (Wildman–Crippen MR) is 85.2 cm³/mol. The lowest BCUT2D eigenvalue weighted by atomic mass is 9.84. The van der Waals surface area contributed by atoms with Crippen molar-refractivity contribution in [3.8, 4) is 0 Å². The molecule has 2 fully saturated rings. The second-order valence-electron chi connectivity index (χ2n) is 6.72. The van der Waals surface area contributed by atoms with Gasteiger partial charge >= 0.3 is 5.97 Å². The Labute approximate surface area is 140 Å². The third kappa shape index (κ3) is 3.43. The predicted octanol–water partition coefficient (Wildman–Crippen LogP) is 2.48. The van der Waals surface area contributed by atoms with Gasteiger partial charge in [-0.05, 0) is 55.9 Å². The summed E-state index contributed by atoms with van der Waals surface area (Å²) in [6, 6.07) is 4.35. The van der Waals surface area contributed by atoms with Crippen LogP contribution < -0.4 is 0 Å². The quantitative estimate of drug-likeness (QED) is 0.921. The molecule has 2 aliphatic heterocycles. The average Bonchev–Trinajstić information content (AvgIpc) is 3.03. The summed E-state index contributed by atoms with van der Waals surface area (Å²) >= 11 is 0. The molecule has 0 saturated carbocycles. The van der Waals surface area contributed by atoms with Crippen molar-refractivity contribution in [2.75, 3.05) is 19.7 Å². The maximum atomic E-state index is 13.5. The maximum Gasteiger partial charge on any atom is 0.309 e. The number of ether oxygens (including phenoxy) is 1. The van der Waals surface area contributed by atoms with Crippen molar-refractivity contribution >= 4 is 11.9 Å². The van der Waals surface area contributed by atoms with E-state index in [0.717, 1.165) is 5.56 Å². The Morgan fingerprint density at radius 3 is 2.54 bits per heavy atom. The first kappa shape index (κ1) is 16.9. The van der Waals surface area contributed by atoms with Crippen molar-refractivity contribution in [1.82, 2.24) is 4.90 Å². The van der Waals surface area contributed by atoms with E-state index in [-0.39, 0.29) is 17.9 Å². The first-order valence-corrected chi connectivity index (χ1v) is 8.36. The molecule has 1 unspecified atom stereocenters. The summed E-state index contributed by atoms with van der Waals surface area (Å²) in [5.74, 6) is -1.66. The van der Waals surface area contributed by atoms with Gasteiger partial charge in [-0.1, -0.05) is 0 Å². The number of amides is 1. The molecule has 0 aromatic heterocycles. The van der Waals surface area contributed by atoms with Crippen LogP contribution in [0.2, 0.25) is 0 Å². The van der Waals surface area contributed by atoms with Crippen LogP contribution in [0.3, 0.4) is 0 Å². The number of hydrogen-bond acceptors (Lipinski definition) is 3. The van der Waals surface area contributed by atoms with E-state index in [4.69, 9.17) is 4.74 Å². The summed E-state index contributed by atoms with van der Waals surface area (Å²) in [5.41, 5.74) is 1.09. The Hall–Kier alpha value is -1.95. The number of hydrogen-bond donors (Lipinski definition) is 1. The van der Waals surface area contributed by atoms with E-state index >= 15 is 0 Å². The van der Waals surface area contributed by atoms with Crippen LogP contribution in [-0.2, 0) is 9.53 Å². The molecule has 6 heteroatoms. The highest BCUT2D eigenvalue weighted by Gasteiger charge is 2.40. The summed E-state index contributed by atoms with van der Waals surface area (Å²) in [7, 11) is 0.